The first kappa shape index (κ1) is 9.92. The highest BCUT2D eigenvalue weighted by Gasteiger charge is 1.99. The lowest BCUT2D eigenvalue weighted by atomic mass is 10.2. The maximum atomic E-state index is 5.51. The molecule has 0 aromatic rings. The van der Waals surface area contributed by atoms with E-state index in [1.165, 1.54) is 0 Å². The summed E-state index contributed by atoms with van der Waals surface area (Å²) in [5.41, 5.74) is 5.51. The van der Waals surface area contributed by atoms with Crippen LogP contribution in [-0.4, -0.2) is 30.6 Å². The van der Waals surface area contributed by atoms with Crippen molar-refractivity contribution in [1.82, 2.24) is 4.90 Å². The van der Waals surface area contributed by atoms with Crippen LogP contribution in [0.5, 0.6) is 0 Å². The minimum Gasteiger partial charge on any atom is -0.328 e. The van der Waals surface area contributed by atoms with Crippen molar-refractivity contribution in [2.45, 2.75) is 26.3 Å². The molecule has 2 heteroatoms. The van der Waals surface area contributed by atoms with E-state index in [1.807, 2.05) is 0 Å². The fourth-order valence-corrected chi connectivity index (χ4v) is 0.888. The fraction of sp³-hybridized carbons (Fsp3) is 0.875. The minimum absolute atomic E-state index is 0.0978. The van der Waals surface area contributed by atoms with Gasteiger partial charge in [-0.3, -0.25) is 0 Å². The summed E-state index contributed by atoms with van der Waals surface area (Å²) in [6.07, 6.45) is 1.00. The number of nitrogens with zero attached hydrogens (tertiary/aromatic N) is 1. The Morgan fingerprint density at radius 1 is 1.40 bits per heavy atom. The number of nitrogens with two attached hydrogens (primary N) is 1. The molecule has 0 fully saturated rings. The first-order valence-corrected chi connectivity index (χ1v) is 4.01. The maximum absolute atomic E-state index is 5.51. The van der Waals surface area contributed by atoms with E-state index < -0.39 is 0 Å². The van der Waals surface area contributed by atoms with Crippen LogP contribution in [0.1, 0.15) is 20.3 Å². The average Bonchev–Trinajstić information content (AvgIpc) is 1.90. The second-order valence-corrected chi connectivity index (χ2v) is 2.58. The summed E-state index contributed by atoms with van der Waals surface area (Å²) in [5.74, 6) is 0. The molecule has 10 heavy (non-hydrogen) atoms. The Labute approximate surface area is 64.4 Å². The molecule has 0 aliphatic rings. The maximum Gasteiger partial charge on any atom is 0.00515 e. The molecule has 0 aliphatic heterocycles. The molecule has 61 valence electrons. The van der Waals surface area contributed by atoms with Crippen molar-refractivity contribution in [3.05, 3.63) is 6.92 Å². The van der Waals surface area contributed by atoms with E-state index in [4.69, 9.17) is 5.73 Å². The third-order valence-corrected chi connectivity index (χ3v) is 1.71. The third-order valence-electron chi connectivity index (χ3n) is 1.71. The van der Waals surface area contributed by atoms with Crippen LogP contribution in [0, 0.1) is 6.92 Å². The van der Waals surface area contributed by atoms with Crippen molar-refractivity contribution in [3.63, 3.8) is 0 Å². The smallest absolute Gasteiger partial charge is 0.00515 e. The predicted molar refractivity (Wildman–Crippen MR) is 45.7 cm³/mol. The molecule has 0 spiro atoms. The molecule has 0 aromatic carbocycles. The molecule has 0 rings (SSSR count). The van der Waals surface area contributed by atoms with Crippen molar-refractivity contribution < 1.29 is 0 Å². The van der Waals surface area contributed by atoms with E-state index in [1.54, 1.807) is 0 Å². The highest BCUT2D eigenvalue weighted by molar-refractivity contribution is 4.65. The second kappa shape index (κ2) is 5.69. The quantitative estimate of drug-likeness (QED) is 0.619. The molecule has 1 radical (unpaired) electrons. The highest BCUT2D eigenvalue weighted by atomic mass is 15.1. The summed E-state index contributed by atoms with van der Waals surface area (Å²) in [7, 11) is 0. The molecule has 0 amide bonds. The lowest BCUT2D eigenvalue weighted by Gasteiger charge is -2.18. The van der Waals surface area contributed by atoms with Gasteiger partial charge in [0.15, 0.2) is 0 Å². The second-order valence-electron chi connectivity index (χ2n) is 2.58. The summed E-state index contributed by atoms with van der Waals surface area (Å²) in [5, 5.41) is 0. The van der Waals surface area contributed by atoms with E-state index in [2.05, 4.69) is 25.7 Å². The molecule has 1 unspecified atom stereocenters. The minimum atomic E-state index is 0.0978. The molecule has 0 bridgehead atoms. The highest BCUT2D eigenvalue weighted by Crippen LogP contribution is 1.92. The first-order chi connectivity index (χ1) is 4.70. The summed E-state index contributed by atoms with van der Waals surface area (Å²) in [4.78, 5) is 2.35. The van der Waals surface area contributed by atoms with Gasteiger partial charge in [0.05, 0.1) is 0 Å². The molecule has 0 saturated carbocycles. The molecule has 0 aliphatic carbocycles. The number of rotatable bonds is 5. The summed E-state index contributed by atoms with van der Waals surface area (Å²) in [6.45, 7) is 11.4. The summed E-state index contributed by atoms with van der Waals surface area (Å²) in [6, 6.07) is 0.0978. The molecule has 0 aromatic heterocycles. The van der Waals surface area contributed by atoms with Crippen molar-refractivity contribution >= 4 is 0 Å². The van der Waals surface area contributed by atoms with Gasteiger partial charge in [-0.15, -0.1) is 0 Å². The Bertz CT molecular complexity index is 67.7. The van der Waals surface area contributed by atoms with Gasteiger partial charge in [0, 0.05) is 6.04 Å². The van der Waals surface area contributed by atoms with Gasteiger partial charge < -0.3 is 10.6 Å². The van der Waals surface area contributed by atoms with E-state index >= 15 is 0 Å². The molecule has 2 nitrogen and oxygen atoms in total. The summed E-state index contributed by atoms with van der Waals surface area (Å²) >= 11 is 0. The van der Waals surface area contributed by atoms with E-state index in [9.17, 15) is 0 Å². The zero-order valence-electron chi connectivity index (χ0n) is 7.14. The number of hydrogen-bond donors (Lipinski definition) is 1. The van der Waals surface area contributed by atoms with Crippen LogP contribution < -0.4 is 5.73 Å². The van der Waals surface area contributed by atoms with Gasteiger partial charge in [0.2, 0.25) is 0 Å². The Kier molecular flexibility index (Phi) is 5.64. The largest absolute Gasteiger partial charge is 0.328 e. The van der Waals surface area contributed by atoms with Crippen LogP contribution in [-0.2, 0) is 0 Å². The monoisotopic (exact) mass is 143 g/mol. The molecular weight excluding hydrogens is 124 g/mol. The molecule has 2 N–H and O–H groups in total. The SMILES string of the molecule is [CH2]C(N)CCN(CC)CC. The van der Waals surface area contributed by atoms with Crippen LogP contribution in [0.3, 0.4) is 0 Å². The molecule has 1 atom stereocenters. The topological polar surface area (TPSA) is 29.3 Å². The van der Waals surface area contributed by atoms with Crippen molar-refractivity contribution in [3.8, 4) is 0 Å². The normalized spacial score (nSPS) is 14.1. The average molecular weight is 143 g/mol. The fourth-order valence-electron chi connectivity index (χ4n) is 0.888. The molecule has 0 saturated heterocycles. The van der Waals surface area contributed by atoms with Crippen molar-refractivity contribution in [2.24, 2.45) is 5.73 Å². The van der Waals surface area contributed by atoms with Crippen LogP contribution in [0.25, 0.3) is 0 Å². The van der Waals surface area contributed by atoms with Gasteiger partial charge in [-0.1, -0.05) is 13.8 Å². The van der Waals surface area contributed by atoms with Crippen molar-refractivity contribution in [2.75, 3.05) is 19.6 Å². The van der Waals surface area contributed by atoms with Crippen LogP contribution >= 0.6 is 0 Å². The molecule has 0 heterocycles. The van der Waals surface area contributed by atoms with Gasteiger partial charge in [0.1, 0.15) is 0 Å². The third kappa shape index (κ3) is 4.77. The standard InChI is InChI=1S/C8H19N2/c1-4-10(5-2)7-6-8(3)9/h8H,3-7,9H2,1-2H3. The van der Waals surface area contributed by atoms with Gasteiger partial charge >= 0.3 is 0 Å². The number of hydrogen-bond acceptors (Lipinski definition) is 2. The first-order valence-electron chi connectivity index (χ1n) is 4.01. The van der Waals surface area contributed by atoms with Gasteiger partial charge in [-0.25, -0.2) is 0 Å². The predicted octanol–water partition coefficient (Wildman–Crippen LogP) is 0.880. The Balaban J connectivity index is 3.26. The van der Waals surface area contributed by atoms with Crippen LogP contribution in [0.15, 0.2) is 0 Å². The Morgan fingerprint density at radius 3 is 2.20 bits per heavy atom. The van der Waals surface area contributed by atoms with Gasteiger partial charge in [0.25, 0.3) is 0 Å². The van der Waals surface area contributed by atoms with E-state index in [0.717, 1.165) is 26.1 Å². The lowest BCUT2D eigenvalue weighted by molar-refractivity contribution is 0.295. The Morgan fingerprint density at radius 2 is 1.90 bits per heavy atom. The molecular formula is C8H19N2. The van der Waals surface area contributed by atoms with Crippen LogP contribution in [0.4, 0.5) is 0 Å². The van der Waals surface area contributed by atoms with Crippen LogP contribution in [0.2, 0.25) is 0 Å². The van der Waals surface area contributed by atoms with E-state index in [0.29, 0.717) is 0 Å². The zero-order valence-corrected chi connectivity index (χ0v) is 7.14. The summed E-state index contributed by atoms with van der Waals surface area (Å²) < 4.78 is 0. The lowest BCUT2D eigenvalue weighted by Crippen LogP contribution is -2.28. The van der Waals surface area contributed by atoms with Gasteiger partial charge in [-0.05, 0) is 33.0 Å². The van der Waals surface area contributed by atoms with E-state index in [-0.39, 0.29) is 6.04 Å². The van der Waals surface area contributed by atoms with Gasteiger partial charge in [-0.2, -0.15) is 0 Å². The zero-order chi connectivity index (χ0) is 7.98. The Hall–Kier alpha value is -0.0800. The van der Waals surface area contributed by atoms with Crippen molar-refractivity contribution in [1.29, 1.82) is 0 Å².